The van der Waals surface area contributed by atoms with Crippen LogP contribution in [0.25, 0.3) is 4.91 Å². The summed E-state index contributed by atoms with van der Waals surface area (Å²) in [5.74, 6) is 5.84. The predicted octanol–water partition coefficient (Wildman–Crippen LogP) is 6.68. The van der Waals surface area contributed by atoms with Crippen LogP contribution in [0.15, 0.2) is 43.0 Å². The van der Waals surface area contributed by atoms with Gasteiger partial charge in [0.25, 0.3) is 0 Å². The van der Waals surface area contributed by atoms with E-state index in [0.717, 1.165) is 28.7 Å². The zero-order valence-electron chi connectivity index (χ0n) is 21.2. The Bertz CT molecular complexity index is 969. The standard InChI is InChI=1S/C25H34FN3OS.C2H6.H2/c1-7-21(12-13-27)25(29(28)20(6)30,23-15-17(3)8-10-18(23)4)31-19(5)22-14-16(2)9-11-24(22)26;1-2;/h8-11,14-15,21H,5,7,12-13,27-28H2,1-4,6H3;1-2H3;1H/t21-,25+;;/m0../s1. The number of carbonyl (C=O) groups excluding carboxylic acids is 1. The van der Waals surface area contributed by atoms with E-state index in [2.05, 4.69) is 19.6 Å². The lowest BCUT2D eigenvalue weighted by molar-refractivity contribution is -0.134. The molecule has 4 nitrogen and oxygen atoms in total. The number of amides is 1. The van der Waals surface area contributed by atoms with Crippen molar-refractivity contribution in [2.45, 2.75) is 66.2 Å². The number of nitrogens with zero attached hydrogens (tertiary/aromatic N) is 1. The lowest BCUT2D eigenvalue weighted by atomic mass is 9.84. The largest absolute Gasteiger partial charge is 0.330 e. The molecular formula is C27H42FN3OS. The molecule has 33 heavy (non-hydrogen) atoms. The maximum Gasteiger partial charge on any atom is 0.235 e. The van der Waals surface area contributed by atoms with Crippen molar-refractivity contribution >= 4 is 22.6 Å². The number of carbonyl (C=O) groups is 1. The zero-order chi connectivity index (χ0) is 25.3. The van der Waals surface area contributed by atoms with Gasteiger partial charge in [-0.3, -0.25) is 9.80 Å². The Hall–Kier alpha value is -2.15. The Balaban J connectivity index is 0.00000353. The second-order valence-electron chi connectivity index (χ2n) is 8.09. The Morgan fingerprint density at radius 3 is 2.30 bits per heavy atom. The number of nitrogens with two attached hydrogens (primary N) is 2. The monoisotopic (exact) mass is 475 g/mol. The minimum atomic E-state index is -0.983. The predicted molar refractivity (Wildman–Crippen MR) is 143 cm³/mol. The summed E-state index contributed by atoms with van der Waals surface area (Å²) >= 11 is 1.34. The molecule has 4 N–H and O–H groups in total. The molecule has 0 aliphatic carbocycles. The SMILES string of the molecule is C=C(S[C@@](c1cc(C)ccc1C)([C@@H](CC)CCN)N(N)C(C)=O)c1cc(C)ccc1F.CC.[HH]. The number of halogens is 1. The summed E-state index contributed by atoms with van der Waals surface area (Å²) in [6.45, 7) is 18.1. The molecule has 184 valence electrons. The third-order valence-electron chi connectivity index (χ3n) is 5.74. The summed E-state index contributed by atoms with van der Waals surface area (Å²) in [6.07, 6.45) is 1.39. The average Bonchev–Trinajstić information content (AvgIpc) is 2.80. The topological polar surface area (TPSA) is 72.3 Å². The molecule has 0 aromatic heterocycles. The summed E-state index contributed by atoms with van der Waals surface area (Å²) in [6, 6.07) is 11.1. The lowest BCUT2D eigenvalue weighted by Gasteiger charge is -2.47. The van der Waals surface area contributed by atoms with Crippen LogP contribution in [0, 0.1) is 32.5 Å². The Morgan fingerprint density at radius 1 is 1.18 bits per heavy atom. The number of hydrogen-bond acceptors (Lipinski definition) is 4. The van der Waals surface area contributed by atoms with Crippen molar-refractivity contribution in [3.8, 4) is 0 Å². The first-order chi connectivity index (χ1) is 15.6. The highest BCUT2D eigenvalue weighted by Gasteiger charge is 2.47. The third kappa shape index (κ3) is 6.46. The second kappa shape index (κ2) is 12.9. The number of aryl methyl sites for hydroxylation is 3. The van der Waals surface area contributed by atoms with Gasteiger partial charge in [-0.15, -0.1) is 0 Å². The second-order valence-corrected chi connectivity index (χ2v) is 9.41. The van der Waals surface area contributed by atoms with E-state index in [4.69, 9.17) is 11.6 Å². The zero-order valence-corrected chi connectivity index (χ0v) is 22.0. The molecule has 0 spiro atoms. The van der Waals surface area contributed by atoms with E-state index in [-0.39, 0.29) is 19.1 Å². The van der Waals surface area contributed by atoms with Gasteiger partial charge in [0.15, 0.2) is 0 Å². The Labute approximate surface area is 205 Å². The van der Waals surface area contributed by atoms with Crippen LogP contribution >= 0.6 is 11.8 Å². The number of hydrogen-bond donors (Lipinski definition) is 2. The first-order valence-electron chi connectivity index (χ1n) is 11.6. The van der Waals surface area contributed by atoms with Crippen molar-refractivity contribution < 1.29 is 10.6 Å². The molecule has 0 fully saturated rings. The van der Waals surface area contributed by atoms with Gasteiger partial charge in [0.2, 0.25) is 5.91 Å². The van der Waals surface area contributed by atoms with Gasteiger partial charge >= 0.3 is 0 Å². The summed E-state index contributed by atoms with van der Waals surface area (Å²) < 4.78 is 14.7. The quantitative estimate of drug-likeness (QED) is 0.184. The molecular weight excluding hydrogens is 433 g/mol. The van der Waals surface area contributed by atoms with Crippen LogP contribution in [-0.4, -0.2) is 17.5 Å². The molecule has 0 heterocycles. The van der Waals surface area contributed by atoms with E-state index in [0.29, 0.717) is 23.4 Å². The van der Waals surface area contributed by atoms with E-state index in [9.17, 15) is 9.18 Å². The normalized spacial score (nSPS) is 13.4. The molecule has 2 rings (SSSR count). The molecule has 0 saturated carbocycles. The number of thioether (sulfide) groups is 1. The van der Waals surface area contributed by atoms with Crippen LogP contribution in [0.2, 0.25) is 0 Å². The van der Waals surface area contributed by atoms with Crippen LogP contribution in [0.4, 0.5) is 4.39 Å². The van der Waals surface area contributed by atoms with Crippen LogP contribution in [0.5, 0.6) is 0 Å². The van der Waals surface area contributed by atoms with Gasteiger partial charge in [0.05, 0.1) is 0 Å². The van der Waals surface area contributed by atoms with Crippen molar-refractivity contribution in [3.63, 3.8) is 0 Å². The maximum absolute atomic E-state index is 14.7. The highest BCUT2D eigenvalue weighted by atomic mass is 32.2. The van der Waals surface area contributed by atoms with E-state index in [1.807, 2.05) is 46.8 Å². The number of hydrazine groups is 1. The fraction of sp³-hybridized carbons (Fsp3) is 0.444. The molecule has 6 heteroatoms. The van der Waals surface area contributed by atoms with Gasteiger partial charge in [-0.1, -0.05) is 74.5 Å². The van der Waals surface area contributed by atoms with Crippen molar-refractivity contribution in [1.82, 2.24) is 5.01 Å². The van der Waals surface area contributed by atoms with Crippen LogP contribution in [0.3, 0.4) is 0 Å². The highest BCUT2D eigenvalue weighted by molar-refractivity contribution is 8.09. The summed E-state index contributed by atoms with van der Waals surface area (Å²) in [5, 5.41) is 1.29. The van der Waals surface area contributed by atoms with Crippen molar-refractivity contribution in [2.75, 3.05) is 6.54 Å². The van der Waals surface area contributed by atoms with Gasteiger partial charge in [0, 0.05) is 18.8 Å². The minimum absolute atomic E-state index is 0. The van der Waals surface area contributed by atoms with Gasteiger partial charge in [-0.05, 0) is 69.3 Å². The van der Waals surface area contributed by atoms with E-state index < -0.39 is 4.87 Å². The maximum atomic E-state index is 14.7. The molecule has 2 aromatic carbocycles. The molecule has 1 amide bonds. The van der Waals surface area contributed by atoms with Gasteiger partial charge in [-0.25, -0.2) is 10.2 Å². The molecule has 0 aliphatic rings. The van der Waals surface area contributed by atoms with E-state index in [1.165, 1.54) is 29.8 Å². The molecule has 0 radical (unpaired) electrons. The van der Waals surface area contributed by atoms with Crippen molar-refractivity contribution in [3.05, 3.63) is 76.6 Å². The average molecular weight is 476 g/mol. The van der Waals surface area contributed by atoms with Gasteiger partial charge < -0.3 is 5.73 Å². The molecule has 0 saturated heterocycles. The first kappa shape index (κ1) is 28.9. The molecule has 2 aromatic rings. The minimum Gasteiger partial charge on any atom is -0.330 e. The fourth-order valence-corrected chi connectivity index (χ4v) is 5.71. The first-order valence-corrected chi connectivity index (χ1v) is 12.4. The Morgan fingerprint density at radius 2 is 1.76 bits per heavy atom. The number of benzene rings is 2. The highest BCUT2D eigenvalue weighted by Crippen LogP contribution is 2.53. The third-order valence-corrected chi connectivity index (χ3v) is 7.27. The molecule has 0 aliphatic heterocycles. The van der Waals surface area contributed by atoms with Crippen molar-refractivity contribution in [1.29, 1.82) is 0 Å². The number of rotatable bonds is 9. The summed E-state index contributed by atoms with van der Waals surface area (Å²) in [4.78, 5) is 12.2. The summed E-state index contributed by atoms with van der Waals surface area (Å²) in [5.41, 5.74) is 10.3. The van der Waals surface area contributed by atoms with Crippen LogP contribution in [0.1, 0.15) is 69.8 Å². The molecule has 2 atom stereocenters. The van der Waals surface area contributed by atoms with Crippen LogP contribution < -0.4 is 11.6 Å². The smallest absolute Gasteiger partial charge is 0.235 e. The summed E-state index contributed by atoms with van der Waals surface area (Å²) in [7, 11) is 0. The fourth-order valence-electron chi connectivity index (χ4n) is 4.06. The van der Waals surface area contributed by atoms with Crippen molar-refractivity contribution in [2.24, 2.45) is 17.5 Å². The van der Waals surface area contributed by atoms with E-state index in [1.54, 1.807) is 12.1 Å². The lowest BCUT2D eigenvalue weighted by Crippen LogP contribution is -2.55. The molecule has 0 unspecified atom stereocenters. The van der Waals surface area contributed by atoms with Crippen LogP contribution in [-0.2, 0) is 9.67 Å². The molecule has 0 bridgehead atoms. The Kier molecular flexibility index (Phi) is 11.3. The van der Waals surface area contributed by atoms with E-state index >= 15 is 0 Å². The van der Waals surface area contributed by atoms with Gasteiger partial charge in [-0.2, -0.15) is 0 Å². The van der Waals surface area contributed by atoms with Gasteiger partial charge in [0.1, 0.15) is 10.7 Å².